The van der Waals surface area contributed by atoms with Gasteiger partial charge >= 0.3 is 12.1 Å². The monoisotopic (exact) mass is 988 g/mol. The summed E-state index contributed by atoms with van der Waals surface area (Å²) in [6, 6.07) is 31.8. The molecule has 0 spiro atoms. The van der Waals surface area contributed by atoms with E-state index < -0.39 is 6.03 Å². The number of imidazole rings is 1. The molecule has 0 saturated carbocycles. The Morgan fingerprint density at radius 1 is 0.608 bits per heavy atom. The van der Waals surface area contributed by atoms with Crippen molar-refractivity contribution >= 4 is 68.6 Å². The second-order valence-electron chi connectivity index (χ2n) is 17.9. The van der Waals surface area contributed by atoms with Gasteiger partial charge in [0.25, 0.3) is 6.23 Å². The molecule has 8 aromatic heterocycles. The topological polar surface area (TPSA) is 230 Å². The van der Waals surface area contributed by atoms with E-state index in [1.807, 2.05) is 120 Å². The number of benzene rings is 2. The van der Waals surface area contributed by atoms with Gasteiger partial charge in [0, 0.05) is 122 Å². The lowest BCUT2D eigenvalue weighted by Gasteiger charge is -2.31. The molecule has 0 aliphatic carbocycles. The number of pyridine rings is 4. The Morgan fingerprint density at radius 3 is 1.86 bits per heavy atom. The molecule has 1 atom stereocenters. The van der Waals surface area contributed by atoms with Crippen molar-refractivity contribution in [3.8, 4) is 45.2 Å². The molecule has 10 heterocycles. The number of nitrogens with zero attached hydrogens (tertiary/aromatic N) is 11. The standard InChI is InChI=1S/C53H49N17O4/c1-66-45(30-43(64-66)34-11-17-54-18-12-34)61-52(71)57-37-7-3-33(4-8-37)42-29-39-40(59-42)13-19-55-50(39)70-25-28-74-47(32-70)68-21-15-35(16-22-68)44-31-46(67(2)65-44)62-53(72)58-38-9-5-36(6-10-38)49-60-41-14-20-56-51(48(41)63-49)69-23-26-73-27-24-69/h3-22,29-31,47,65H,23-28,32H2,1-2H3,(H4,54,55,56,57,58,59,60,61,62,63,64,71,72)/p+1. The Bertz CT molecular complexity index is 3640. The van der Waals surface area contributed by atoms with E-state index in [2.05, 4.69) is 62.2 Å². The summed E-state index contributed by atoms with van der Waals surface area (Å²) in [5.74, 6) is 3.52. The van der Waals surface area contributed by atoms with Crippen molar-refractivity contribution in [2.45, 2.75) is 6.23 Å². The number of amides is 4. The molecule has 2 aromatic carbocycles. The Labute approximate surface area is 423 Å². The third kappa shape index (κ3) is 9.42. The summed E-state index contributed by atoms with van der Waals surface area (Å²) in [5.41, 5.74) is 9.95. The van der Waals surface area contributed by atoms with Crippen LogP contribution in [0.25, 0.3) is 67.1 Å². The van der Waals surface area contributed by atoms with E-state index in [4.69, 9.17) is 24.5 Å². The highest BCUT2D eigenvalue weighted by Crippen LogP contribution is 2.33. The molecule has 2 aliphatic heterocycles. The number of aromatic amines is 2. The molecule has 2 aliphatic rings. The van der Waals surface area contributed by atoms with Gasteiger partial charge < -0.3 is 39.9 Å². The number of rotatable bonds is 11. The molecular formula is C53H50N17O4+. The number of aryl methyl sites for hydroxylation is 2. The SMILES string of the molecule is Cn1nc(-c2ccncc2)cc1NC(=O)Nc1ccc(-c2cc3c(N4CCOC([n+]5ccc(-c6cc(NC(=O)Nc7ccc(-c8nc9c(N%10CCOCC%10)nccc9[nH]8)cc7)n(C)n6)cc5)C4)nccc3[nH]2)cc1. The van der Waals surface area contributed by atoms with Gasteiger partial charge in [-0.1, -0.05) is 12.1 Å². The first-order valence-electron chi connectivity index (χ1n) is 24.1. The number of hydrogen-bond donors (Lipinski definition) is 6. The number of hydrogen-bond acceptors (Lipinski definition) is 12. The van der Waals surface area contributed by atoms with Crippen LogP contribution in [0.4, 0.5) is 44.2 Å². The Balaban J connectivity index is 0.658. The van der Waals surface area contributed by atoms with Gasteiger partial charge in [0.1, 0.15) is 35.3 Å². The normalized spacial score (nSPS) is 14.9. The van der Waals surface area contributed by atoms with Crippen molar-refractivity contribution in [1.82, 2.24) is 49.5 Å². The number of carbonyl (C=O) groups excluding carboxylic acids is 2. The lowest BCUT2D eigenvalue weighted by molar-refractivity contribution is -0.761. The van der Waals surface area contributed by atoms with Crippen LogP contribution >= 0.6 is 0 Å². The van der Waals surface area contributed by atoms with Crippen molar-refractivity contribution in [2.75, 3.05) is 77.1 Å². The summed E-state index contributed by atoms with van der Waals surface area (Å²) in [7, 11) is 3.57. The van der Waals surface area contributed by atoms with Crippen LogP contribution in [-0.4, -0.2) is 108 Å². The molecule has 21 heteroatoms. The van der Waals surface area contributed by atoms with Crippen LogP contribution < -0.4 is 35.6 Å². The molecule has 74 heavy (non-hydrogen) atoms. The maximum Gasteiger partial charge on any atom is 0.324 e. The predicted molar refractivity (Wildman–Crippen MR) is 282 cm³/mol. The van der Waals surface area contributed by atoms with Crippen molar-refractivity contribution in [3.05, 3.63) is 140 Å². The second kappa shape index (κ2) is 19.6. The van der Waals surface area contributed by atoms with Crippen LogP contribution in [0.5, 0.6) is 0 Å². The van der Waals surface area contributed by atoms with Gasteiger partial charge in [-0.05, 0) is 72.3 Å². The number of nitrogens with one attached hydrogen (secondary N) is 6. The van der Waals surface area contributed by atoms with Gasteiger partial charge in [-0.3, -0.25) is 25.0 Å². The number of morpholine rings is 2. The fraction of sp³-hybridized carbons (Fsp3) is 0.189. The second-order valence-corrected chi connectivity index (χ2v) is 17.9. The quantitative estimate of drug-likeness (QED) is 0.0682. The summed E-state index contributed by atoms with van der Waals surface area (Å²) in [6.07, 6.45) is 10.7. The highest BCUT2D eigenvalue weighted by Gasteiger charge is 2.30. The molecule has 370 valence electrons. The largest absolute Gasteiger partial charge is 0.378 e. The van der Waals surface area contributed by atoms with Crippen LogP contribution in [-0.2, 0) is 23.6 Å². The van der Waals surface area contributed by atoms with Crippen LogP contribution in [0.2, 0.25) is 0 Å². The van der Waals surface area contributed by atoms with Gasteiger partial charge in [0.15, 0.2) is 18.2 Å². The van der Waals surface area contributed by atoms with E-state index in [1.165, 1.54) is 0 Å². The summed E-state index contributed by atoms with van der Waals surface area (Å²) >= 11 is 0. The molecule has 4 amide bonds. The van der Waals surface area contributed by atoms with Gasteiger partial charge in [-0.2, -0.15) is 14.8 Å². The van der Waals surface area contributed by atoms with Crippen LogP contribution in [0.15, 0.2) is 140 Å². The van der Waals surface area contributed by atoms with Gasteiger partial charge in [-0.25, -0.2) is 24.5 Å². The number of urea groups is 2. The molecule has 2 saturated heterocycles. The first-order chi connectivity index (χ1) is 36.2. The Kier molecular flexibility index (Phi) is 12.1. The van der Waals surface area contributed by atoms with Crippen LogP contribution in [0, 0.1) is 0 Å². The van der Waals surface area contributed by atoms with Crippen molar-refractivity contribution in [1.29, 1.82) is 0 Å². The minimum Gasteiger partial charge on any atom is -0.378 e. The van der Waals surface area contributed by atoms with Gasteiger partial charge in [0.05, 0.1) is 42.2 Å². The number of anilines is 6. The minimum absolute atomic E-state index is 0.269. The molecule has 21 nitrogen and oxygen atoms in total. The Hall–Kier alpha value is -9.47. The van der Waals surface area contributed by atoms with Gasteiger partial charge in [-0.15, -0.1) is 0 Å². The predicted octanol–water partition coefficient (Wildman–Crippen LogP) is 7.81. The minimum atomic E-state index is -0.396. The number of carbonyl (C=O) groups is 2. The fourth-order valence-corrected chi connectivity index (χ4v) is 9.29. The number of fused-ring (bicyclic) bond motifs is 2. The Morgan fingerprint density at radius 2 is 1.20 bits per heavy atom. The fourth-order valence-electron chi connectivity index (χ4n) is 9.29. The summed E-state index contributed by atoms with van der Waals surface area (Å²) in [4.78, 5) is 56.0. The smallest absolute Gasteiger partial charge is 0.324 e. The molecule has 0 bridgehead atoms. The van der Waals surface area contributed by atoms with E-state index in [0.717, 1.165) is 86.1 Å². The zero-order valence-electron chi connectivity index (χ0n) is 40.4. The number of aromatic nitrogens is 11. The summed E-state index contributed by atoms with van der Waals surface area (Å²) in [6.45, 7) is 4.63. The van der Waals surface area contributed by atoms with E-state index >= 15 is 0 Å². The molecular weight excluding hydrogens is 939 g/mol. The van der Waals surface area contributed by atoms with E-state index in [-0.39, 0.29) is 12.3 Å². The first-order valence-corrected chi connectivity index (χ1v) is 24.1. The van der Waals surface area contributed by atoms with E-state index in [1.54, 1.807) is 42.0 Å². The highest BCUT2D eigenvalue weighted by molar-refractivity contribution is 6.01. The van der Waals surface area contributed by atoms with Gasteiger partial charge in [0.2, 0.25) is 0 Å². The first kappa shape index (κ1) is 45.7. The van der Waals surface area contributed by atoms with Crippen molar-refractivity contribution < 1.29 is 23.6 Å². The van der Waals surface area contributed by atoms with E-state index in [0.29, 0.717) is 61.6 Å². The summed E-state index contributed by atoms with van der Waals surface area (Å²) in [5, 5.41) is 21.9. The molecule has 6 N–H and O–H groups in total. The lowest BCUT2D eigenvalue weighted by Crippen LogP contribution is -2.51. The number of H-pyrrole nitrogens is 2. The van der Waals surface area contributed by atoms with Crippen molar-refractivity contribution in [2.24, 2.45) is 14.1 Å². The van der Waals surface area contributed by atoms with Crippen molar-refractivity contribution in [3.63, 3.8) is 0 Å². The average Bonchev–Trinajstić information content (AvgIpc) is 4.25. The molecule has 0 radical (unpaired) electrons. The molecule has 1 unspecified atom stereocenters. The average molecular weight is 989 g/mol. The lowest BCUT2D eigenvalue weighted by atomic mass is 10.1. The zero-order valence-corrected chi connectivity index (χ0v) is 40.4. The molecule has 12 rings (SSSR count). The third-order valence-corrected chi connectivity index (χ3v) is 13.1. The maximum absolute atomic E-state index is 13.2. The highest BCUT2D eigenvalue weighted by atomic mass is 16.5. The molecule has 10 aromatic rings. The number of ether oxygens (including phenoxy) is 2. The molecule has 2 fully saturated rings. The van der Waals surface area contributed by atoms with Crippen LogP contribution in [0.3, 0.4) is 0 Å². The van der Waals surface area contributed by atoms with Crippen LogP contribution in [0.1, 0.15) is 6.23 Å². The summed E-state index contributed by atoms with van der Waals surface area (Å²) < 4.78 is 17.1. The zero-order chi connectivity index (χ0) is 50.1. The van der Waals surface area contributed by atoms with E-state index in [9.17, 15) is 9.59 Å². The third-order valence-electron chi connectivity index (χ3n) is 13.1. The maximum atomic E-state index is 13.2.